The van der Waals surface area contributed by atoms with Crippen LogP contribution in [0.4, 0.5) is 5.69 Å². The van der Waals surface area contributed by atoms with Gasteiger partial charge < -0.3 is 4.90 Å². The first kappa shape index (κ1) is 12.7. The molecule has 0 amide bonds. The average Bonchev–Trinajstić information content (AvgIpc) is 2.47. The molecule has 1 fully saturated rings. The third-order valence-corrected chi connectivity index (χ3v) is 4.25. The molecular formula is C16H19ClN2. The number of nitrogens with zero attached hydrogens (tertiary/aromatic N) is 2. The second kappa shape index (κ2) is 5.38. The standard InChI is InChI=1S/C16H19ClN2/c1-2-12-10-13-11-14(19-8-4-3-5-9-19)6-7-15(13)18-16(12)17/h6-7,10-11H,2-5,8-9H2,1H3. The Morgan fingerprint density at radius 2 is 1.95 bits per heavy atom. The molecule has 1 saturated heterocycles. The van der Waals surface area contributed by atoms with Crippen LogP contribution in [0.1, 0.15) is 31.7 Å². The predicted octanol–water partition coefficient (Wildman–Crippen LogP) is 4.44. The highest BCUT2D eigenvalue weighted by molar-refractivity contribution is 6.30. The highest BCUT2D eigenvalue weighted by Gasteiger charge is 2.12. The van der Waals surface area contributed by atoms with Gasteiger partial charge in [0.25, 0.3) is 0 Å². The molecule has 0 radical (unpaired) electrons. The minimum absolute atomic E-state index is 0.640. The van der Waals surface area contributed by atoms with E-state index in [-0.39, 0.29) is 0 Å². The van der Waals surface area contributed by atoms with Crippen molar-refractivity contribution in [2.45, 2.75) is 32.6 Å². The molecule has 0 bridgehead atoms. The molecule has 100 valence electrons. The maximum absolute atomic E-state index is 6.17. The maximum Gasteiger partial charge on any atom is 0.132 e. The number of halogens is 1. The second-order valence-electron chi connectivity index (χ2n) is 5.22. The molecule has 2 aromatic rings. The minimum atomic E-state index is 0.640. The molecule has 2 nitrogen and oxygen atoms in total. The van der Waals surface area contributed by atoms with Gasteiger partial charge in [0.05, 0.1) is 5.52 Å². The Bertz CT molecular complexity index is 589. The molecule has 2 heterocycles. The Hall–Kier alpha value is -1.28. The first-order chi connectivity index (χ1) is 9.28. The Balaban J connectivity index is 2.01. The highest BCUT2D eigenvalue weighted by atomic mass is 35.5. The summed E-state index contributed by atoms with van der Waals surface area (Å²) in [5.41, 5.74) is 3.44. The summed E-state index contributed by atoms with van der Waals surface area (Å²) in [6, 6.07) is 8.69. The molecular weight excluding hydrogens is 256 g/mol. The van der Waals surface area contributed by atoms with Gasteiger partial charge in [-0.05, 0) is 55.5 Å². The van der Waals surface area contributed by atoms with Crippen molar-refractivity contribution in [3.63, 3.8) is 0 Å². The molecule has 1 aromatic carbocycles. The molecule has 0 aliphatic carbocycles. The molecule has 0 spiro atoms. The first-order valence-corrected chi connectivity index (χ1v) is 7.50. The zero-order chi connectivity index (χ0) is 13.2. The van der Waals surface area contributed by atoms with Crippen LogP contribution in [-0.4, -0.2) is 18.1 Å². The molecule has 0 atom stereocenters. The SMILES string of the molecule is CCc1cc2cc(N3CCCCC3)ccc2nc1Cl. The first-order valence-electron chi connectivity index (χ1n) is 7.12. The van der Waals surface area contributed by atoms with Gasteiger partial charge in [0.15, 0.2) is 0 Å². The lowest BCUT2D eigenvalue weighted by atomic mass is 10.1. The largest absolute Gasteiger partial charge is 0.372 e. The molecule has 0 unspecified atom stereocenters. The lowest BCUT2D eigenvalue weighted by Gasteiger charge is -2.29. The Morgan fingerprint density at radius 1 is 1.16 bits per heavy atom. The maximum atomic E-state index is 6.17. The lowest BCUT2D eigenvalue weighted by Crippen LogP contribution is -2.29. The van der Waals surface area contributed by atoms with E-state index in [0.717, 1.165) is 17.5 Å². The number of hydrogen-bond donors (Lipinski definition) is 0. The number of anilines is 1. The smallest absolute Gasteiger partial charge is 0.132 e. The second-order valence-corrected chi connectivity index (χ2v) is 5.57. The van der Waals surface area contributed by atoms with Crippen molar-refractivity contribution < 1.29 is 0 Å². The van der Waals surface area contributed by atoms with Gasteiger partial charge in [-0.25, -0.2) is 4.98 Å². The van der Waals surface area contributed by atoms with Crippen LogP contribution in [0.25, 0.3) is 10.9 Å². The summed E-state index contributed by atoms with van der Waals surface area (Å²) in [6.07, 6.45) is 4.89. The minimum Gasteiger partial charge on any atom is -0.372 e. The van der Waals surface area contributed by atoms with Crippen LogP contribution in [0.2, 0.25) is 5.15 Å². The quantitative estimate of drug-likeness (QED) is 0.753. The molecule has 1 aliphatic rings. The number of fused-ring (bicyclic) bond motifs is 1. The molecule has 1 aromatic heterocycles. The summed E-state index contributed by atoms with van der Waals surface area (Å²) in [4.78, 5) is 6.95. The van der Waals surface area contributed by atoms with Gasteiger partial charge in [-0.1, -0.05) is 18.5 Å². The summed E-state index contributed by atoms with van der Waals surface area (Å²) in [6.45, 7) is 4.46. The number of aryl methyl sites for hydroxylation is 1. The Kier molecular flexibility index (Phi) is 3.61. The van der Waals surface area contributed by atoms with Crippen LogP contribution < -0.4 is 4.90 Å². The summed E-state index contributed by atoms with van der Waals surface area (Å²) in [5, 5.41) is 1.84. The van der Waals surface area contributed by atoms with Crippen molar-refractivity contribution in [1.82, 2.24) is 4.98 Å². The van der Waals surface area contributed by atoms with Crippen LogP contribution >= 0.6 is 11.6 Å². The zero-order valence-electron chi connectivity index (χ0n) is 11.3. The van der Waals surface area contributed by atoms with E-state index in [9.17, 15) is 0 Å². The molecule has 3 heteroatoms. The van der Waals surface area contributed by atoms with Crippen molar-refractivity contribution >= 4 is 28.2 Å². The van der Waals surface area contributed by atoms with E-state index in [0.29, 0.717) is 5.15 Å². The molecule has 0 N–H and O–H groups in total. The van der Waals surface area contributed by atoms with Crippen molar-refractivity contribution in [2.75, 3.05) is 18.0 Å². The summed E-state index contributed by atoms with van der Waals surface area (Å²) in [7, 11) is 0. The van der Waals surface area contributed by atoms with Crippen LogP contribution in [0, 0.1) is 0 Å². The fraction of sp³-hybridized carbons (Fsp3) is 0.438. The van der Waals surface area contributed by atoms with Crippen LogP contribution in [0.5, 0.6) is 0 Å². The Labute approximate surface area is 119 Å². The molecule has 3 rings (SSSR count). The fourth-order valence-corrected chi connectivity index (χ4v) is 3.06. The fourth-order valence-electron chi connectivity index (χ4n) is 2.78. The van der Waals surface area contributed by atoms with Crippen LogP contribution in [-0.2, 0) is 6.42 Å². The van der Waals surface area contributed by atoms with Crippen molar-refractivity contribution in [3.05, 3.63) is 35.0 Å². The number of rotatable bonds is 2. The van der Waals surface area contributed by atoms with Gasteiger partial charge >= 0.3 is 0 Å². The van der Waals surface area contributed by atoms with Crippen molar-refractivity contribution in [3.8, 4) is 0 Å². The normalized spacial score (nSPS) is 16.0. The number of pyridine rings is 1. The molecule has 19 heavy (non-hydrogen) atoms. The monoisotopic (exact) mass is 274 g/mol. The number of benzene rings is 1. The topological polar surface area (TPSA) is 16.1 Å². The summed E-state index contributed by atoms with van der Waals surface area (Å²) in [5.74, 6) is 0. The number of piperidine rings is 1. The number of hydrogen-bond acceptors (Lipinski definition) is 2. The third kappa shape index (κ3) is 2.55. The van der Waals surface area contributed by atoms with E-state index in [4.69, 9.17) is 11.6 Å². The van der Waals surface area contributed by atoms with Gasteiger partial charge in [-0.15, -0.1) is 0 Å². The van der Waals surface area contributed by atoms with E-state index < -0.39 is 0 Å². The van der Waals surface area contributed by atoms with E-state index in [2.05, 4.69) is 41.1 Å². The number of aromatic nitrogens is 1. The van der Waals surface area contributed by atoms with Crippen molar-refractivity contribution in [2.24, 2.45) is 0 Å². The Morgan fingerprint density at radius 3 is 2.68 bits per heavy atom. The van der Waals surface area contributed by atoms with Crippen LogP contribution in [0.15, 0.2) is 24.3 Å². The summed E-state index contributed by atoms with van der Waals surface area (Å²) < 4.78 is 0. The third-order valence-electron chi connectivity index (χ3n) is 3.93. The predicted molar refractivity (Wildman–Crippen MR) is 82.2 cm³/mol. The van der Waals surface area contributed by atoms with Gasteiger partial charge in [0.2, 0.25) is 0 Å². The van der Waals surface area contributed by atoms with Gasteiger partial charge in [0, 0.05) is 24.2 Å². The van der Waals surface area contributed by atoms with Gasteiger partial charge in [-0.3, -0.25) is 0 Å². The summed E-state index contributed by atoms with van der Waals surface area (Å²) >= 11 is 6.17. The van der Waals surface area contributed by atoms with Crippen LogP contribution in [0.3, 0.4) is 0 Å². The average molecular weight is 275 g/mol. The van der Waals surface area contributed by atoms with E-state index in [1.54, 1.807) is 0 Å². The van der Waals surface area contributed by atoms with E-state index >= 15 is 0 Å². The van der Waals surface area contributed by atoms with Crippen molar-refractivity contribution in [1.29, 1.82) is 0 Å². The van der Waals surface area contributed by atoms with Gasteiger partial charge in [0.1, 0.15) is 5.15 Å². The van der Waals surface area contributed by atoms with E-state index in [1.807, 2.05) is 0 Å². The molecule has 0 saturated carbocycles. The highest BCUT2D eigenvalue weighted by Crippen LogP contribution is 2.27. The van der Waals surface area contributed by atoms with Gasteiger partial charge in [-0.2, -0.15) is 0 Å². The zero-order valence-corrected chi connectivity index (χ0v) is 12.1. The van der Waals surface area contributed by atoms with E-state index in [1.165, 1.54) is 43.4 Å². The molecule has 1 aliphatic heterocycles. The lowest BCUT2D eigenvalue weighted by molar-refractivity contribution is 0.578.